The number of carbonyl (C=O) groups excluding carboxylic acids is 3. The van der Waals surface area contributed by atoms with E-state index in [-0.39, 0.29) is 12.5 Å². The summed E-state index contributed by atoms with van der Waals surface area (Å²) < 4.78 is 2.10. The molecule has 8 heteroatoms. The van der Waals surface area contributed by atoms with Gasteiger partial charge < -0.3 is 9.47 Å². The summed E-state index contributed by atoms with van der Waals surface area (Å²) in [5.41, 5.74) is 4.76. The van der Waals surface area contributed by atoms with Gasteiger partial charge in [-0.1, -0.05) is 30.5 Å². The molecule has 2 fully saturated rings. The van der Waals surface area contributed by atoms with Crippen molar-refractivity contribution in [1.82, 2.24) is 14.4 Å². The maximum Gasteiger partial charge on any atom is 0.294 e. The van der Waals surface area contributed by atoms with Crippen LogP contribution in [0.3, 0.4) is 0 Å². The van der Waals surface area contributed by atoms with E-state index in [1.807, 2.05) is 45.0 Å². The number of halogens is 1. The van der Waals surface area contributed by atoms with Gasteiger partial charge >= 0.3 is 0 Å². The highest BCUT2D eigenvalue weighted by Gasteiger charge is 2.37. The van der Waals surface area contributed by atoms with Gasteiger partial charge in [-0.3, -0.25) is 19.3 Å². The molecule has 2 aliphatic heterocycles. The molecule has 0 aliphatic carbocycles. The minimum absolute atomic E-state index is 0.157. The summed E-state index contributed by atoms with van der Waals surface area (Å²) in [6, 6.07) is 7.77. The Morgan fingerprint density at radius 1 is 1.09 bits per heavy atom. The molecular formula is C25H28ClN3O3S. The van der Waals surface area contributed by atoms with Crippen LogP contribution in [0, 0.1) is 20.8 Å². The standard InChI is InChI=1S/C25H28ClN3O3S/c1-16-13-19(18(3)29(16)21-10-8-9-20(26)17(21)2)14-22-24(31)28(25(32)33-22)15-23(30)27-11-6-4-5-7-12-27/h8-10,13-14H,4-7,11-12,15H2,1-3H3. The Bertz CT molecular complexity index is 1150. The number of benzene rings is 1. The molecule has 0 N–H and O–H groups in total. The largest absolute Gasteiger partial charge is 0.341 e. The van der Waals surface area contributed by atoms with Gasteiger partial charge in [0.1, 0.15) is 6.54 Å². The lowest BCUT2D eigenvalue weighted by molar-refractivity contribution is -0.135. The number of aromatic nitrogens is 1. The fraction of sp³-hybridized carbons (Fsp3) is 0.400. The number of hydrogen-bond donors (Lipinski definition) is 0. The molecule has 1 aromatic heterocycles. The molecule has 2 aliphatic rings. The molecule has 6 nitrogen and oxygen atoms in total. The van der Waals surface area contributed by atoms with E-state index in [0.29, 0.717) is 23.0 Å². The van der Waals surface area contributed by atoms with Crippen LogP contribution in [0.5, 0.6) is 0 Å². The van der Waals surface area contributed by atoms with E-state index in [2.05, 4.69) is 4.57 Å². The van der Waals surface area contributed by atoms with E-state index < -0.39 is 11.1 Å². The molecule has 0 saturated carbocycles. The molecule has 33 heavy (non-hydrogen) atoms. The van der Waals surface area contributed by atoms with Gasteiger partial charge in [0, 0.05) is 35.2 Å². The van der Waals surface area contributed by atoms with Gasteiger partial charge in [-0.05, 0) is 80.8 Å². The predicted octanol–water partition coefficient (Wildman–Crippen LogP) is 5.49. The molecule has 0 spiro atoms. The maximum atomic E-state index is 13.0. The second kappa shape index (κ2) is 9.77. The normalized spacial score (nSPS) is 18.4. The fourth-order valence-electron chi connectivity index (χ4n) is 4.48. The Kier molecular flexibility index (Phi) is 7.00. The average Bonchev–Trinajstić information content (AvgIpc) is 3.07. The molecule has 2 aromatic rings. The summed E-state index contributed by atoms with van der Waals surface area (Å²) >= 11 is 7.22. The van der Waals surface area contributed by atoms with Crippen molar-refractivity contribution < 1.29 is 14.4 Å². The number of carbonyl (C=O) groups is 3. The summed E-state index contributed by atoms with van der Waals surface area (Å²) in [4.78, 5) is 41.5. The second-order valence-corrected chi connectivity index (χ2v) is 10.0. The van der Waals surface area contributed by atoms with Crippen molar-refractivity contribution in [2.24, 2.45) is 0 Å². The van der Waals surface area contributed by atoms with Gasteiger partial charge in [-0.25, -0.2) is 0 Å². The van der Waals surface area contributed by atoms with Gasteiger partial charge in [0.15, 0.2) is 0 Å². The Morgan fingerprint density at radius 2 is 1.79 bits per heavy atom. The molecule has 174 valence electrons. The monoisotopic (exact) mass is 485 g/mol. The summed E-state index contributed by atoms with van der Waals surface area (Å²) in [5.74, 6) is -0.563. The van der Waals surface area contributed by atoms with Crippen molar-refractivity contribution in [3.8, 4) is 5.69 Å². The molecule has 0 radical (unpaired) electrons. The van der Waals surface area contributed by atoms with E-state index in [0.717, 1.165) is 70.5 Å². The molecular weight excluding hydrogens is 458 g/mol. The van der Waals surface area contributed by atoms with Crippen molar-refractivity contribution in [2.45, 2.75) is 46.5 Å². The average molecular weight is 486 g/mol. The number of hydrogen-bond acceptors (Lipinski definition) is 4. The first kappa shape index (κ1) is 23.6. The number of imide groups is 1. The highest BCUT2D eigenvalue weighted by atomic mass is 35.5. The Labute approximate surface area is 203 Å². The highest BCUT2D eigenvalue weighted by molar-refractivity contribution is 8.18. The lowest BCUT2D eigenvalue weighted by Crippen LogP contribution is -2.42. The number of aryl methyl sites for hydroxylation is 1. The summed E-state index contributed by atoms with van der Waals surface area (Å²) in [7, 11) is 0. The van der Waals surface area contributed by atoms with Gasteiger partial charge in [0.2, 0.25) is 5.91 Å². The SMILES string of the molecule is Cc1c(Cl)cccc1-n1c(C)cc(C=C2SC(=O)N(CC(=O)N3CCCCCC3)C2=O)c1C. The summed E-state index contributed by atoms with van der Waals surface area (Å²) in [6.45, 7) is 7.15. The zero-order chi connectivity index (χ0) is 23.7. The molecule has 3 amide bonds. The third-order valence-corrected chi connectivity index (χ3v) is 7.68. The summed E-state index contributed by atoms with van der Waals surface area (Å²) in [6.07, 6.45) is 5.91. The Morgan fingerprint density at radius 3 is 2.48 bits per heavy atom. The molecule has 0 bridgehead atoms. The van der Waals surface area contributed by atoms with E-state index in [1.165, 1.54) is 0 Å². The number of thioether (sulfide) groups is 1. The van der Waals surface area contributed by atoms with Crippen LogP contribution in [0.25, 0.3) is 11.8 Å². The number of nitrogens with zero attached hydrogens (tertiary/aromatic N) is 3. The third kappa shape index (κ3) is 4.75. The van der Waals surface area contributed by atoms with Gasteiger partial charge in [0.05, 0.1) is 4.91 Å². The molecule has 2 saturated heterocycles. The molecule has 3 heterocycles. The number of rotatable bonds is 4. The first-order valence-electron chi connectivity index (χ1n) is 11.3. The van der Waals surface area contributed by atoms with Crippen molar-refractivity contribution in [1.29, 1.82) is 0 Å². The van der Waals surface area contributed by atoms with E-state index in [9.17, 15) is 14.4 Å². The smallest absolute Gasteiger partial charge is 0.294 e. The van der Waals surface area contributed by atoms with E-state index in [4.69, 9.17) is 11.6 Å². The van der Waals surface area contributed by atoms with Crippen LogP contribution in [-0.2, 0) is 9.59 Å². The van der Waals surface area contributed by atoms with Crippen molar-refractivity contribution >= 4 is 46.5 Å². The van der Waals surface area contributed by atoms with Crippen LogP contribution in [0.1, 0.15) is 48.2 Å². The molecule has 0 unspecified atom stereocenters. The van der Waals surface area contributed by atoms with Crippen molar-refractivity contribution in [3.05, 3.63) is 56.7 Å². The molecule has 1 aromatic carbocycles. The van der Waals surface area contributed by atoms with Gasteiger partial charge in [0.25, 0.3) is 11.1 Å². The predicted molar refractivity (Wildman–Crippen MR) is 133 cm³/mol. The third-order valence-electron chi connectivity index (χ3n) is 6.36. The summed E-state index contributed by atoms with van der Waals surface area (Å²) in [5, 5.41) is 0.297. The second-order valence-electron chi connectivity index (χ2n) is 8.61. The van der Waals surface area contributed by atoms with Crippen LogP contribution in [0.15, 0.2) is 29.2 Å². The van der Waals surface area contributed by atoms with Crippen molar-refractivity contribution in [3.63, 3.8) is 0 Å². The highest BCUT2D eigenvalue weighted by Crippen LogP contribution is 2.34. The number of likely N-dealkylation sites (tertiary alicyclic amines) is 1. The first-order chi connectivity index (χ1) is 15.8. The van der Waals surface area contributed by atoms with Crippen molar-refractivity contribution in [2.75, 3.05) is 19.6 Å². The van der Waals surface area contributed by atoms with Crippen LogP contribution in [-0.4, -0.2) is 51.1 Å². The molecule has 0 atom stereocenters. The van der Waals surface area contributed by atoms with E-state index >= 15 is 0 Å². The van der Waals surface area contributed by atoms with Crippen LogP contribution < -0.4 is 0 Å². The lowest BCUT2D eigenvalue weighted by Gasteiger charge is -2.22. The van der Waals surface area contributed by atoms with Gasteiger partial charge in [-0.2, -0.15) is 0 Å². The number of amides is 3. The fourth-order valence-corrected chi connectivity index (χ4v) is 5.47. The molecule has 4 rings (SSSR count). The minimum Gasteiger partial charge on any atom is -0.341 e. The first-order valence-corrected chi connectivity index (χ1v) is 12.4. The van der Waals surface area contributed by atoms with E-state index in [1.54, 1.807) is 11.0 Å². The lowest BCUT2D eigenvalue weighted by atomic mass is 10.2. The van der Waals surface area contributed by atoms with Crippen LogP contribution in [0.2, 0.25) is 5.02 Å². The topological polar surface area (TPSA) is 62.6 Å². The van der Waals surface area contributed by atoms with Gasteiger partial charge in [-0.15, -0.1) is 0 Å². The van der Waals surface area contributed by atoms with Crippen LogP contribution in [0.4, 0.5) is 4.79 Å². The maximum absolute atomic E-state index is 13.0. The quantitative estimate of drug-likeness (QED) is 0.537. The minimum atomic E-state index is -0.406. The zero-order valence-corrected chi connectivity index (χ0v) is 20.8. The Balaban J connectivity index is 1.57. The Hall–Kier alpha value is -2.51. The van der Waals surface area contributed by atoms with Crippen LogP contribution >= 0.6 is 23.4 Å². The zero-order valence-electron chi connectivity index (χ0n) is 19.2.